The molecular formula is C6H7F5O5S. The molecule has 0 amide bonds. The van der Waals surface area contributed by atoms with E-state index in [1.807, 2.05) is 0 Å². The number of esters is 1. The lowest BCUT2D eigenvalue weighted by atomic mass is 10.3. The molecule has 0 heterocycles. The Bertz CT molecular complexity index is 386. The maximum absolute atomic E-state index is 12.8. The highest BCUT2D eigenvalue weighted by molar-refractivity contribution is 7.86. The molecule has 0 spiro atoms. The molecular weight excluding hydrogens is 279 g/mol. The first kappa shape index (κ1) is 16.0. The highest BCUT2D eigenvalue weighted by Gasteiger charge is 2.65. The third kappa shape index (κ3) is 3.77. The third-order valence-corrected chi connectivity index (χ3v) is 2.39. The molecule has 17 heavy (non-hydrogen) atoms. The molecule has 1 unspecified atom stereocenters. The van der Waals surface area contributed by atoms with Gasteiger partial charge in [-0.3, -0.25) is 9.35 Å². The van der Waals surface area contributed by atoms with E-state index in [2.05, 4.69) is 4.74 Å². The lowest BCUT2D eigenvalue weighted by molar-refractivity contribution is -0.259. The number of carbonyl (C=O) groups is 1. The van der Waals surface area contributed by atoms with E-state index in [-0.39, 0.29) is 0 Å². The second kappa shape index (κ2) is 4.72. The van der Waals surface area contributed by atoms with E-state index < -0.39 is 40.0 Å². The van der Waals surface area contributed by atoms with Crippen LogP contribution < -0.4 is 0 Å². The van der Waals surface area contributed by atoms with Crippen LogP contribution in [0.2, 0.25) is 0 Å². The zero-order chi connectivity index (χ0) is 14.1. The van der Waals surface area contributed by atoms with Crippen molar-refractivity contribution in [1.29, 1.82) is 0 Å². The van der Waals surface area contributed by atoms with Crippen molar-refractivity contribution in [3.63, 3.8) is 0 Å². The van der Waals surface area contributed by atoms with E-state index in [4.69, 9.17) is 4.55 Å². The molecule has 1 atom stereocenters. The average molecular weight is 286 g/mol. The van der Waals surface area contributed by atoms with Crippen LogP contribution in [-0.2, 0) is 19.6 Å². The van der Waals surface area contributed by atoms with Gasteiger partial charge in [0.05, 0.1) is 0 Å². The standard InChI is InChI=1S/C6H7F5O5S/c1-2-3(12)16-4(5(7,8)9)6(10,11)17(13,14)15/h4H,2H2,1H3,(H,13,14,15). The van der Waals surface area contributed by atoms with Crippen LogP contribution >= 0.6 is 0 Å². The summed E-state index contributed by atoms with van der Waals surface area (Å²) in [6.45, 7) is 1.02. The van der Waals surface area contributed by atoms with Gasteiger partial charge in [0.25, 0.3) is 6.10 Å². The molecule has 1 N–H and O–H groups in total. The Morgan fingerprint density at radius 1 is 1.29 bits per heavy atom. The number of hydrogen-bond acceptors (Lipinski definition) is 4. The SMILES string of the molecule is CCC(=O)OC(C(F)(F)F)C(F)(F)S(=O)(=O)O. The van der Waals surface area contributed by atoms with E-state index in [0.29, 0.717) is 0 Å². The molecule has 0 aromatic carbocycles. The Labute approximate surface area is 92.3 Å². The molecule has 0 aromatic rings. The smallest absolute Gasteiger partial charge is 0.432 e. The number of alkyl halides is 5. The molecule has 102 valence electrons. The first-order chi connectivity index (χ1) is 7.34. The van der Waals surface area contributed by atoms with Crippen molar-refractivity contribution in [2.75, 3.05) is 0 Å². The molecule has 0 bridgehead atoms. The van der Waals surface area contributed by atoms with Crippen molar-refractivity contribution >= 4 is 16.1 Å². The molecule has 0 radical (unpaired) electrons. The number of rotatable bonds is 4. The number of ether oxygens (including phenoxy) is 1. The molecule has 0 aliphatic heterocycles. The van der Waals surface area contributed by atoms with Crippen LogP contribution in [0.25, 0.3) is 0 Å². The van der Waals surface area contributed by atoms with Gasteiger partial charge in [-0.05, 0) is 0 Å². The summed E-state index contributed by atoms with van der Waals surface area (Å²) in [6, 6.07) is 0. The minimum Gasteiger partial charge on any atom is -0.445 e. The maximum Gasteiger partial charge on any atom is 0.432 e. The van der Waals surface area contributed by atoms with Gasteiger partial charge in [-0.15, -0.1) is 0 Å². The molecule has 0 aliphatic rings. The van der Waals surface area contributed by atoms with Crippen LogP contribution in [0.5, 0.6) is 0 Å². The number of halogens is 5. The molecule has 0 aliphatic carbocycles. The molecule has 0 saturated carbocycles. The summed E-state index contributed by atoms with van der Waals surface area (Å²) in [7, 11) is -6.37. The Balaban J connectivity index is 5.43. The molecule has 0 aromatic heterocycles. The maximum atomic E-state index is 12.8. The summed E-state index contributed by atoms with van der Waals surface area (Å²) >= 11 is 0. The van der Waals surface area contributed by atoms with Crippen LogP contribution in [-0.4, -0.2) is 36.5 Å². The van der Waals surface area contributed by atoms with Gasteiger partial charge in [-0.1, -0.05) is 6.92 Å². The van der Waals surface area contributed by atoms with Gasteiger partial charge in [0.2, 0.25) is 0 Å². The quantitative estimate of drug-likeness (QED) is 0.479. The van der Waals surface area contributed by atoms with E-state index >= 15 is 0 Å². The summed E-state index contributed by atoms with van der Waals surface area (Å²) in [5.41, 5.74) is 0. The molecule has 11 heteroatoms. The molecule has 0 saturated heterocycles. The highest BCUT2D eigenvalue weighted by atomic mass is 32.2. The Morgan fingerprint density at radius 2 is 1.71 bits per heavy atom. The van der Waals surface area contributed by atoms with Crippen LogP contribution in [0.15, 0.2) is 0 Å². The lowest BCUT2D eigenvalue weighted by Gasteiger charge is -2.25. The van der Waals surface area contributed by atoms with Gasteiger partial charge in [-0.25, -0.2) is 0 Å². The Morgan fingerprint density at radius 3 is 1.94 bits per heavy atom. The summed E-state index contributed by atoms with van der Waals surface area (Å²) in [5, 5.41) is -5.67. The normalized spacial score (nSPS) is 15.5. The molecule has 0 rings (SSSR count). The van der Waals surface area contributed by atoms with Gasteiger partial charge in [0.15, 0.2) is 0 Å². The summed E-state index contributed by atoms with van der Waals surface area (Å²) in [6.07, 6.45) is -10.8. The van der Waals surface area contributed by atoms with Gasteiger partial charge >= 0.3 is 27.5 Å². The fourth-order valence-corrected chi connectivity index (χ4v) is 1.13. The van der Waals surface area contributed by atoms with E-state index in [9.17, 15) is 35.2 Å². The second-order valence-electron chi connectivity index (χ2n) is 2.80. The second-order valence-corrected chi connectivity index (χ2v) is 4.30. The monoisotopic (exact) mass is 286 g/mol. The van der Waals surface area contributed by atoms with Gasteiger partial charge < -0.3 is 4.74 Å². The van der Waals surface area contributed by atoms with Crippen LogP contribution in [0.1, 0.15) is 13.3 Å². The minimum absolute atomic E-state index is 0.672. The van der Waals surface area contributed by atoms with Gasteiger partial charge in [0.1, 0.15) is 0 Å². The van der Waals surface area contributed by atoms with E-state index in [0.717, 1.165) is 6.92 Å². The molecule has 0 fully saturated rings. The largest absolute Gasteiger partial charge is 0.445 e. The van der Waals surface area contributed by atoms with Crippen LogP contribution in [0.3, 0.4) is 0 Å². The summed E-state index contributed by atoms with van der Waals surface area (Å²) in [4.78, 5) is 10.5. The highest BCUT2D eigenvalue weighted by Crippen LogP contribution is 2.38. The van der Waals surface area contributed by atoms with Crippen LogP contribution in [0, 0.1) is 0 Å². The first-order valence-electron chi connectivity index (χ1n) is 3.95. The van der Waals surface area contributed by atoms with Crippen molar-refractivity contribution in [3.05, 3.63) is 0 Å². The fourth-order valence-electron chi connectivity index (χ4n) is 0.676. The van der Waals surface area contributed by atoms with Crippen molar-refractivity contribution in [2.45, 2.75) is 30.9 Å². The Hall–Kier alpha value is -0.970. The van der Waals surface area contributed by atoms with Gasteiger partial charge in [-0.2, -0.15) is 30.4 Å². The first-order valence-corrected chi connectivity index (χ1v) is 5.39. The van der Waals surface area contributed by atoms with Crippen molar-refractivity contribution in [3.8, 4) is 0 Å². The minimum atomic E-state index is -6.37. The summed E-state index contributed by atoms with van der Waals surface area (Å²) < 4.78 is 93.4. The molecule has 5 nitrogen and oxygen atoms in total. The fraction of sp³-hybridized carbons (Fsp3) is 0.833. The zero-order valence-corrected chi connectivity index (χ0v) is 8.98. The van der Waals surface area contributed by atoms with Crippen molar-refractivity contribution in [2.24, 2.45) is 0 Å². The Kier molecular flexibility index (Phi) is 4.45. The number of carbonyl (C=O) groups excluding carboxylic acids is 1. The predicted octanol–water partition coefficient (Wildman–Crippen LogP) is 1.35. The van der Waals surface area contributed by atoms with Crippen molar-refractivity contribution < 1.29 is 44.5 Å². The summed E-state index contributed by atoms with van der Waals surface area (Å²) in [5.74, 6) is -1.68. The third-order valence-electron chi connectivity index (χ3n) is 1.48. The number of hydrogen-bond donors (Lipinski definition) is 1. The lowest BCUT2D eigenvalue weighted by Crippen LogP contribution is -2.52. The van der Waals surface area contributed by atoms with E-state index in [1.54, 1.807) is 0 Å². The van der Waals surface area contributed by atoms with Gasteiger partial charge in [0, 0.05) is 6.42 Å². The average Bonchev–Trinajstić information content (AvgIpc) is 2.09. The predicted molar refractivity (Wildman–Crippen MR) is 42.7 cm³/mol. The zero-order valence-electron chi connectivity index (χ0n) is 8.16. The van der Waals surface area contributed by atoms with E-state index in [1.165, 1.54) is 0 Å². The van der Waals surface area contributed by atoms with Crippen LogP contribution in [0.4, 0.5) is 22.0 Å². The van der Waals surface area contributed by atoms with Crippen molar-refractivity contribution in [1.82, 2.24) is 0 Å². The topological polar surface area (TPSA) is 80.7 Å².